The standard InChI is InChI=1S/C28H20BrN5O2/c1-18(19-12-14-22(29)15-13-19)33-35-16-23-31-27-25-24(20-8-4-2-5-9-20)26(21-10-6-3-7-11-21)36-28(25)30-17-34(27)32-23/h2-15,17H,16H2,1H3/b33-18-. The van der Waals surface area contributed by atoms with E-state index in [0.29, 0.717) is 17.2 Å². The van der Waals surface area contributed by atoms with Crippen LogP contribution < -0.4 is 0 Å². The minimum Gasteiger partial charge on any atom is -0.437 e. The average Bonchev–Trinajstić information content (AvgIpc) is 3.51. The molecule has 0 N–H and O–H groups in total. The lowest BCUT2D eigenvalue weighted by Gasteiger charge is -2.03. The molecule has 0 radical (unpaired) electrons. The maximum Gasteiger partial charge on any atom is 0.232 e. The topological polar surface area (TPSA) is 77.8 Å². The van der Waals surface area contributed by atoms with E-state index in [1.54, 1.807) is 10.8 Å². The first-order chi connectivity index (χ1) is 17.7. The molecule has 0 saturated heterocycles. The van der Waals surface area contributed by atoms with Crippen molar-refractivity contribution in [3.63, 3.8) is 0 Å². The molecule has 0 saturated carbocycles. The molecule has 0 aliphatic carbocycles. The van der Waals surface area contributed by atoms with Crippen molar-refractivity contribution in [1.29, 1.82) is 0 Å². The van der Waals surface area contributed by atoms with Gasteiger partial charge in [0, 0.05) is 15.6 Å². The molecule has 6 aromatic rings. The summed E-state index contributed by atoms with van der Waals surface area (Å²) in [4.78, 5) is 14.9. The van der Waals surface area contributed by atoms with Gasteiger partial charge in [0.15, 0.2) is 18.1 Å². The molecule has 3 aromatic heterocycles. The van der Waals surface area contributed by atoms with Gasteiger partial charge in [0.1, 0.15) is 12.1 Å². The predicted octanol–water partition coefficient (Wildman–Crippen LogP) is 6.91. The molecular weight excluding hydrogens is 518 g/mol. The fraction of sp³-hybridized carbons (Fsp3) is 0.0714. The summed E-state index contributed by atoms with van der Waals surface area (Å²) in [7, 11) is 0. The second-order valence-electron chi connectivity index (χ2n) is 8.22. The Morgan fingerprint density at radius 1 is 0.944 bits per heavy atom. The molecule has 36 heavy (non-hydrogen) atoms. The van der Waals surface area contributed by atoms with Crippen LogP contribution in [0.3, 0.4) is 0 Å². The van der Waals surface area contributed by atoms with Gasteiger partial charge in [-0.05, 0) is 30.2 Å². The maximum atomic E-state index is 6.28. The third-order valence-electron chi connectivity index (χ3n) is 5.83. The van der Waals surface area contributed by atoms with Gasteiger partial charge in [-0.25, -0.2) is 14.5 Å². The SMILES string of the molecule is C/C(=N/OCc1nc2c3c(-c4ccccc4)c(-c4ccccc4)oc3ncn2n1)c1ccc(Br)cc1. The van der Waals surface area contributed by atoms with E-state index in [-0.39, 0.29) is 6.61 Å². The number of benzene rings is 3. The summed E-state index contributed by atoms with van der Waals surface area (Å²) < 4.78 is 8.95. The highest BCUT2D eigenvalue weighted by Crippen LogP contribution is 2.41. The third kappa shape index (κ3) is 4.16. The Kier molecular flexibility index (Phi) is 5.79. The van der Waals surface area contributed by atoms with Crippen molar-refractivity contribution in [2.75, 3.05) is 0 Å². The fourth-order valence-corrected chi connectivity index (χ4v) is 4.37. The third-order valence-corrected chi connectivity index (χ3v) is 6.36. The van der Waals surface area contributed by atoms with Crippen molar-refractivity contribution in [1.82, 2.24) is 19.6 Å². The van der Waals surface area contributed by atoms with E-state index in [1.807, 2.05) is 79.7 Å². The first kappa shape index (κ1) is 22.2. The van der Waals surface area contributed by atoms with E-state index in [0.717, 1.165) is 43.6 Å². The molecule has 0 bridgehead atoms. The Balaban J connectivity index is 1.40. The Morgan fingerprint density at radius 3 is 2.36 bits per heavy atom. The summed E-state index contributed by atoms with van der Waals surface area (Å²) in [5.41, 5.74) is 5.81. The molecule has 0 aliphatic rings. The summed E-state index contributed by atoms with van der Waals surface area (Å²) in [6.45, 7) is 2.03. The molecule has 0 atom stereocenters. The van der Waals surface area contributed by atoms with Crippen LogP contribution in [0.25, 0.3) is 39.2 Å². The molecular formula is C28H20BrN5O2. The largest absolute Gasteiger partial charge is 0.437 e. The summed E-state index contributed by atoms with van der Waals surface area (Å²) in [5, 5.41) is 9.60. The number of oxime groups is 1. The molecule has 8 heteroatoms. The Labute approximate surface area is 215 Å². The number of aromatic nitrogens is 4. The smallest absolute Gasteiger partial charge is 0.232 e. The summed E-state index contributed by atoms with van der Waals surface area (Å²) in [6.07, 6.45) is 1.61. The number of nitrogens with zero attached hydrogens (tertiary/aromatic N) is 5. The number of halogens is 1. The molecule has 0 amide bonds. The van der Waals surface area contributed by atoms with Gasteiger partial charge in [0.25, 0.3) is 0 Å². The van der Waals surface area contributed by atoms with Gasteiger partial charge in [0.05, 0.1) is 11.1 Å². The Morgan fingerprint density at radius 2 is 1.64 bits per heavy atom. The molecule has 0 fully saturated rings. The highest BCUT2D eigenvalue weighted by molar-refractivity contribution is 9.10. The monoisotopic (exact) mass is 537 g/mol. The van der Waals surface area contributed by atoms with Crippen LogP contribution in [0.4, 0.5) is 0 Å². The number of rotatable bonds is 6. The lowest BCUT2D eigenvalue weighted by Crippen LogP contribution is -1.97. The van der Waals surface area contributed by atoms with Gasteiger partial charge < -0.3 is 9.25 Å². The summed E-state index contributed by atoms with van der Waals surface area (Å²) in [6, 6.07) is 28.0. The van der Waals surface area contributed by atoms with E-state index in [1.165, 1.54) is 0 Å². The zero-order valence-corrected chi connectivity index (χ0v) is 20.9. The van der Waals surface area contributed by atoms with Crippen molar-refractivity contribution in [2.45, 2.75) is 13.5 Å². The molecule has 0 aliphatic heterocycles. The van der Waals surface area contributed by atoms with Crippen LogP contribution >= 0.6 is 15.9 Å². The van der Waals surface area contributed by atoms with E-state index >= 15 is 0 Å². The average molecular weight is 538 g/mol. The van der Waals surface area contributed by atoms with Crippen molar-refractivity contribution >= 4 is 38.4 Å². The summed E-state index contributed by atoms with van der Waals surface area (Å²) >= 11 is 3.44. The molecule has 3 aromatic carbocycles. The fourth-order valence-electron chi connectivity index (χ4n) is 4.11. The van der Waals surface area contributed by atoms with Gasteiger partial charge in [0.2, 0.25) is 5.71 Å². The lowest BCUT2D eigenvalue weighted by molar-refractivity contribution is 0.125. The van der Waals surface area contributed by atoms with Gasteiger partial charge in [-0.2, -0.15) is 0 Å². The van der Waals surface area contributed by atoms with Crippen molar-refractivity contribution in [3.05, 3.63) is 107 Å². The van der Waals surface area contributed by atoms with Crippen LogP contribution in [0.1, 0.15) is 18.3 Å². The lowest BCUT2D eigenvalue weighted by atomic mass is 9.99. The minimum atomic E-state index is 0.126. The Bertz CT molecular complexity index is 1690. The van der Waals surface area contributed by atoms with Gasteiger partial charge >= 0.3 is 0 Å². The van der Waals surface area contributed by atoms with Crippen molar-refractivity contribution < 1.29 is 9.25 Å². The quantitative estimate of drug-likeness (QED) is 0.170. The predicted molar refractivity (Wildman–Crippen MR) is 143 cm³/mol. The van der Waals surface area contributed by atoms with E-state index in [2.05, 4.69) is 43.3 Å². The van der Waals surface area contributed by atoms with Crippen LogP contribution in [0.15, 0.2) is 105 Å². The van der Waals surface area contributed by atoms with Crippen LogP contribution in [-0.4, -0.2) is 25.3 Å². The highest BCUT2D eigenvalue weighted by Gasteiger charge is 2.22. The van der Waals surface area contributed by atoms with E-state index in [9.17, 15) is 0 Å². The summed E-state index contributed by atoms with van der Waals surface area (Å²) in [5.74, 6) is 1.24. The van der Waals surface area contributed by atoms with E-state index < -0.39 is 0 Å². The van der Waals surface area contributed by atoms with Gasteiger partial charge in [-0.3, -0.25) is 0 Å². The van der Waals surface area contributed by atoms with Crippen LogP contribution in [-0.2, 0) is 11.4 Å². The molecule has 7 nitrogen and oxygen atoms in total. The normalized spacial score (nSPS) is 11.9. The highest BCUT2D eigenvalue weighted by atomic mass is 79.9. The number of fused-ring (bicyclic) bond motifs is 3. The first-order valence-electron chi connectivity index (χ1n) is 11.4. The molecule has 3 heterocycles. The van der Waals surface area contributed by atoms with Crippen molar-refractivity contribution in [2.24, 2.45) is 5.16 Å². The number of furan rings is 1. The van der Waals surface area contributed by atoms with Gasteiger partial charge in [-0.1, -0.05) is 93.9 Å². The van der Waals surface area contributed by atoms with Crippen LogP contribution in [0.2, 0.25) is 0 Å². The zero-order chi connectivity index (χ0) is 24.5. The second-order valence-corrected chi connectivity index (χ2v) is 9.13. The minimum absolute atomic E-state index is 0.126. The number of hydrogen-bond acceptors (Lipinski definition) is 6. The first-order valence-corrected chi connectivity index (χ1v) is 12.2. The van der Waals surface area contributed by atoms with Crippen LogP contribution in [0.5, 0.6) is 0 Å². The molecule has 0 spiro atoms. The second kappa shape index (κ2) is 9.39. The van der Waals surface area contributed by atoms with E-state index in [4.69, 9.17) is 14.2 Å². The van der Waals surface area contributed by atoms with Gasteiger partial charge in [-0.15, -0.1) is 5.10 Å². The van der Waals surface area contributed by atoms with Crippen LogP contribution in [0, 0.1) is 0 Å². The Hall–Kier alpha value is -4.30. The molecule has 0 unspecified atom stereocenters. The van der Waals surface area contributed by atoms with Crippen molar-refractivity contribution in [3.8, 4) is 22.5 Å². The maximum absolute atomic E-state index is 6.28. The molecule has 6 rings (SSSR count). The zero-order valence-electron chi connectivity index (χ0n) is 19.3. The molecule has 176 valence electrons. The number of hydrogen-bond donors (Lipinski definition) is 0.